The van der Waals surface area contributed by atoms with E-state index in [1.807, 2.05) is 23.9 Å². The molecule has 0 atom stereocenters. The van der Waals surface area contributed by atoms with E-state index in [4.69, 9.17) is 4.74 Å². The molecule has 1 aromatic carbocycles. The number of halogens is 1. The third-order valence-electron chi connectivity index (χ3n) is 3.51. The van der Waals surface area contributed by atoms with E-state index in [9.17, 15) is 4.39 Å². The molecular weight excluding hydrogens is 255 g/mol. The van der Waals surface area contributed by atoms with E-state index in [2.05, 4.69) is 18.9 Å². The third-order valence-corrected chi connectivity index (χ3v) is 3.51. The van der Waals surface area contributed by atoms with Gasteiger partial charge in [0.2, 0.25) is 0 Å². The predicted octanol–water partition coefficient (Wildman–Crippen LogP) is 4.27. The molecule has 20 heavy (non-hydrogen) atoms. The SMILES string of the molecule is CCC(CC)n1ccc(COc2cc(F)ccc2C)n1. The van der Waals surface area contributed by atoms with Crippen molar-refractivity contribution in [3.63, 3.8) is 0 Å². The van der Waals surface area contributed by atoms with Crippen molar-refractivity contribution < 1.29 is 9.13 Å². The zero-order chi connectivity index (χ0) is 14.5. The van der Waals surface area contributed by atoms with Crippen LogP contribution in [-0.4, -0.2) is 9.78 Å². The fourth-order valence-electron chi connectivity index (χ4n) is 2.20. The molecule has 0 unspecified atom stereocenters. The molecule has 0 fully saturated rings. The Morgan fingerprint density at radius 3 is 2.70 bits per heavy atom. The molecule has 0 bridgehead atoms. The number of rotatable bonds is 6. The molecule has 1 aromatic heterocycles. The third kappa shape index (κ3) is 3.38. The Morgan fingerprint density at radius 1 is 1.25 bits per heavy atom. The molecule has 0 saturated heterocycles. The highest BCUT2D eigenvalue weighted by Crippen LogP contribution is 2.20. The topological polar surface area (TPSA) is 27.1 Å². The van der Waals surface area contributed by atoms with Gasteiger partial charge < -0.3 is 4.74 Å². The highest BCUT2D eigenvalue weighted by Gasteiger charge is 2.09. The zero-order valence-corrected chi connectivity index (χ0v) is 12.3. The normalized spacial score (nSPS) is 11.1. The van der Waals surface area contributed by atoms with Gasteiger partial charge in [0, 0.05) is 12.3 Å². The molecule has 0 radical (unpaired) electrons. The molecule has 0 aliphatic carbocycles. The van der Waals surface area contributed by atoms with Gasteiger partial charge >= 0.3 is 0 Å². The van der Waals surface area contributed by atoms with Gasteiger partial charge in [-0.2, -0.15) is 5.10 Å². The van der Waals surface area contributed by atoms with Crippen LogP contribution in [0.1, 0.15) is 44.0 Å². The van der Waals surface area contributed by atoms with E-state index in [1.54, 1.807) is 6.07 Å². The van der Waals surface area contributed by atoms with Crippen LogP contribution in [0.3, 0.4) is 0 Å². The van der Waals surface area contributed by atoms with Crippen molar-refractivity contribution in [2.45, 2.75) is 46.3 Å². The Bertz CT molecular complexity index is 561. The van der Waals surface area contributed by atoms with E-state index >= 15 is 0 Å². The summed E-state index contributed by atoms with van der Waals surface area (Å²) in [7, 11) is 0. The second kappa shape index (κ2) is 6.55. The number of aryl methyl sites for hydroxylation is 1. The maximum absolute atomic E-state index is 13.2. The first-order chi connectivity index (χ1) is 9.63. The number of hydrogen-bond donors (Lipinski definition) is 0. The summed E-state index contributed by atoms with van der Waals surface area (Å²) in [6.45, 7) is 6.57. The lowest BCUT2D eigenvalue weighted by molar-refractivity contribution is 0.293. The van der Waals surface area contributed by atoms with Crippen LogP contribution in [0.5, 0.6) is 5.75 Å². The zero-order valence-electron chi connectivity index (χ0n) is 12.3. The second-order valence-electron chi connectivity index (χ2n) is 4.96. The average molecular weight is 276 g/mol. The molecule has 0 spiro atoms. The van der Waals surface area contributed by atoms with E-state index in [0.717, 1.165) is 24.1 Å². The fraction of sp³-hybridized carbons (Fsp3) is 0.438. The van der Waals surface area contributed by atoms with E-state index in [-0.39, 0.29) is 5.82 Å². The average Bonchev–Trinajstić information content (AvgIpc) is 2.90. The Labute approximate surface area is 119 Å². The molecular formula is C16H21FN2O. The van der Waals surface area contributed by atoms with Gasteiger partial charge in [0.05, 0.1) is 11.7 Å². The summed E-state index contributed by atoms with van der Waals surface area (Å²) < 4.78 is 20.8. The molecule has 1 heterocycles. The summed E-state index contributed by atoms with van der Waals surface area (Å²) >= 11 is 0. The first-order valence-electron chi connectivity index (χ1n) is 7.07. The van der Waals surface area contributed by atoms with Crippen LogP contribution < -0.4 is 4.74 Å². The molecule has 2 aromatic rings. The van der Waals surface area contributed by atoms with Gasteiger partial charge in [0.1, 0.15) is 18.2 Å². The molecule has 0 N–H and O–H groups in total. The van der Waals surface area contributed by atoms with Crippen molar-refractivity contribution in [2.75, 3.05) is 0 Å². The maximum Gasteiger partial charge on any atom is 0.132 e. The smallest absolute Gasteiger partial charge is 0.132 e. The summed E-state index contributed by atoms with van der Waals surface area (Å²) in [6, 6.07) is 6.94. The van der Waals surface area contributed by atoms with Crippen LogP contribution in [0.25, 0.3) is 0 Å². The number of hydrogen-bond acceptors (Lipinski definition) is 2. The van der Waals surface area contributed by atoms with Crippen LogP contribution in [0, 0.1) is 12.7 Å². The van der Waals surface area contributed by atoms with E-state index in [0.29, 0.717) is 18.4 Å². The lowest BCUT2D eigenvalue weighted by Crippen LogP contribution is -2.08. The van der Waals surface area contributed by atoms with Crippen LogP contribution in [0.15, 0.2) is 30.5 Å². The van der Waals surface area contributed by atoms with Crippen molar-refractivity contribution in [2.24, 2.45) is 0 Å². The van der Waals surface area contributed by atoms with Crippen molar-refractivity contribution in [3.8, 4) is 5.75 Å². The van der Waals surface area contributed by atoms with Crippen LogP contribution >= 0.6 is 0 Å². The van der Waals surface area contributed by atoms with E-state index < -0.39 is 0 Å². The largest absolute Gasteiger partial charge is 0.487 e. The Balaban J connectivity index is 2.02. The van der Waals surface area contributed by atoms with Gasteiger partial charge in [-0.3, -0.25) is 4.68 Å². The first kappa shape index (κ1) is 14.6. The van der Waals surface area contributed by atoms with Crippen LogP contribution in [0.4, 0.5) is 4.39 Å². The van der Waals surface area contributed by atoms with Gasteiger partial charge in [-0.15, -0.1) is 0 Å². The Hall–Kier alpha value is -1.84. The molecule has 2 rings (SSSR count). The summed E-state index contributed by atoms with van der Waals surface area (Å²) in [5.41, 5.74) is 1.78. The quantitative estimate of drug-likeness (QED) is 0.787. The Kier molecular flexibility index (Phi) is 4.77. The van der Waals surface area contributed by atoms with Crippen molar-refractivity contribution in [1.29, 1.82) is 0 Å². The number of benzene rings is 1. The predicted molar refractivity (Wildman–Crippen MR) is 77.3 cm³/mol. The van der Waals surface area contributed by atoms with Crippen molar-refractivity contribution in [1.82, 2.24) is 9.78 Å². The molecule has 108 valence electrons. The van der Waals surface area contributed by atoms with Crippen LogP contribution in [-0.2, 0) is 6.61 Å². The summed E-state index contributed by atoms with van der Waals surface area (Å²) in [5.74, 6) is 0.287. The molecule has 0 amide bonds. The fourth-order valence-corrected chi connectivity index (χ4v) is 2.20. The van der Waals surface area contributed by atoms with Crippen LogP contribution in [0.2, 0.25) is 0 Å². The number of ether oxygens (including phenoxy) is 1. The van der Waals surface area contributed by atoms with Crippen molar-refractivity contribution in [3.05, 3.63) is 47.5 Å². The monoisotopic (exact) mass is 276 g/mol. The van der Waals surface area contributed by atoms with Gasteiger partial charge in [0.15, 0.2) is 0 Å². The lowest BCUT2D eigenvalue weighted by Gasteiger charge is -2.12. The second-order valence-corrected chi connectivity index (χ2v) is 4.96. The molecule has 3 nitrogen and oxygen atoms in total. The number of aromatic nitrogens is 2. The van der Waals surface area contributed by atoms with E-state index in [1.165, 1.54) is 12.1 Å². The van der Waals surface area contributed by atoms with Gasteiger partial charge in [-0.1, -0.05) is 19.9 Å². The highest BCUT2D eigenvalue weighted by molar-refractivity contribution is 5.32. The molecule has 0 saturated carbocycles. The Morgan fingerprint density at radius 2 is 2.00 bits per heavy atom. The molecule has 4 heteroatoms. The molecule has 0 aliphatic heterocycles. The van der Waals surface area contributed by atoms with Crippen molar-refractivity contribution >= 4 is 0 Å². The van der Waals surface area contributed by atoms with Gasteiger partial charge in [0.25, 0.3) is 0 Å². The number of nitrogens with zero attached hydrogens (tertiary/aromatic N) is 2. The summed E-state index contributed by atoms with van der Waals surface area (Å²) in [6.07, 6.45) is 4.09. The minimum Gasteiger partial charge on any atom is -0.487 e. The van der Waals surface area contributed by atoms with Gasteiger partial charge in [-0.25, -0.2) is 4.39 Å². The minimum absolute atomic E-state index is 0.284. The minimum atomic E-state index is -0.284. The maximum atomic E-state index is 13.2. The summed E-state index contributed by atoms with van der Waals surface area (Å²) in [4.78, 5) is 0. The lowest BCUT2D eigenvalue weighted by atomic mass is 10.2. The summed E-state index contributed by atoms with van der Waals surface area (Å²) in [5, 5.41) is 4.52. The molecule has 0 aliphatic rings. The first-order valence-corrected chi connectivity index (χ1v) is 7.07. The standard InChI is InChI=1S/C16H21FN2O/c1-4-15(5-2)19-9-8-14(18-19)11-20-16-10-13(17)7-6-12(16)3/h6-10,15H,4-5,11H2,1-3H3. The van der Waals surface area contributed by atoms with Gasteiger partial charge in [-0.05, 0) is 37.5 Å². The highest BCUT2D eigenvalue weighted by atomic mass is 19.1.